The second-order valence-electron chi connectivity index (χ2n) is 4.01. The molecule has 0 fully saturated rings. The van der Waals surface area contributed by atoms with E-state index in [-0.39, 0.29) is 35.4 Å². The van der Waals surface area contributed by atoms with E-state index in [2.05, 4.69) is 4.99 Å². The summed E-state index contributed by atoms with van der Waals surface area (Å²) in [5, 5.41) is 10.8. The van der Waals surface area contributed by atoms with Crippen molar-refractivity contribution in [3.05, 3.63) is 33.9 Å². The Kier molecular flexibility index (Phi) is 5.48. The van der Waals surface area contributed by atoms with Crippen molar-refractivity contribution in [3.8, 4) is 0 Å². The van der Waals surface area contributed by atoms with Crippen LogP contribution in [0.1, 0.15) is 5.56 Å². The van der Waals surface area contributed by atoms with E-state index < -0.39 is 4.92 Å². The van der Waals surface area contributed by atoms with Crippen molar-refractivity contribution in [2.75, 3.05) is 31.9 Å². The third kappa shape index (κ3) is 3.32. The molecule has 0 amide bonds. The molecular formula is C11H16IN5O2. The molecule has 1 heterocycles. The number of benzene rings is 1. The lowest BCUT2D eigenvalue weighted by Crippen LogP contribution is -2.33. The number of halogens is 1. The van der Waals surface area contributed by atoms with Gasteiger partial charge in [0.05, 0.1) is 11.5 Å². The molecule has 0 atom stereocenters. The van der Waals surface area contributed by atoms with Crippen molar-refractivity contribution in [2.24, 2.45) is 10.7 Å². The Balaban J connectivity index is 0.00000180. The number of anilines is 1. The van der Waals surface area contributed by atoms with Gasteiger partial charge < -0.3 is 16.4 Å². The van der Waals surface area contributed by atoms with Gasteiger partial charge in [-0.1, -0.05) is 0 Å². The Labute approximate surface area is 127 Å². The lowest BCUT2D eigenvalue weighted by atomic mass is 10.1. The second-order valence-corrected chi connectivity index (χ2v) is 4.01. The van der Waals surface area contributed by atoms with Crippen LogP contribution in [0.2, 0.25) is 0 Å². The maximum absolute atomic E-state index is 10.8. The highest BCUT2D eigenvalue weighted by Gasteiger charge is 2.21. The first kappa shape index (κ1) is 15.6. The molecule has 19 heavy (non-hydrogen) atoms. The number of aliphatic imine (C=N–C) groups is 1. The predicted octanol–water partition coefficient (Wildman–Crippen LogP) is 0.816. The van der Waals surface area contributed by atoms with Gasteiger partial charge in [-0.3, -0.25) is 15.1 Å². The van der Waals surface area contributed by atoms with Crippen LogP contribution in [-0.4, -0.2) is 41.8 Å². The number of amidine groups is 1. The van der Waals surface area contributed by atoms with Crippen molar-refractivity contribution < 1.29 is 4.92 Å². The minimum absolute atomic E-state index is 0. The van der Waals surface area contributed by atoms with Gasteiger partial charge in [0.25, 0.3) is 5.69 Å². The van der Waals surface area contributed by atoms with E-state index in [1.807, 2.05) is 4.90 Å². The summed E-state index contributed by atoms with van der Waals surface area (Å²) in [5.74, 6) is 0.753. The van der Waals surface area contributed by atoms with Gasteiger partial charge in [0, 0.05) is 31.3 Å². The van der Waals surface area contributed by atoms with Crippen LogP contribution in [-0.2, 0) is 0 Å². The summed E-state index contributed by atoms with van der Waals surface area (Å²) in [7, 11) is 0. The van der Waals surface area contributed by atoms with Crippen LogP contribution < -0.4 is 11.5 Å². The first-order chi connectivity index (χ1) is 8.63. The number of nitrogen functional groups attached to an aromatic ring is 1. The maximum atomic E-state index is 10.8. The van der Waals surface area contributed by atoms with Crippen molar-refractivity contribution in [3.63, 3.8) is 0 Å². The van der Waals surface area contributed by atoms with Crippen LogP contribution in [0, 0.1) is 10.1 Å². The molecule has 0 aliphatic carbocycles. The molecule has 1 aromatic rings. The van der Waals surface area contributed by atoms with E-state index in [4.69, 9.17) is 11.5 Å². The minimum atomic E-state index is -0.485. The zero-order chi connectivity index (χ0) is 13.1. The molecule has 1 aliphatic heterocycles. The number of hydrogen-bond donors (Lipinski definition) is 2. The summed E-state index contributed by atoms with van der Waals surface area (Å²) in [5.41, 5.74) is 11.9. The first-order valence-corrected chi connectivity index (χ1v) is 5.67. The zero-order valence-corrected chi connectivity index (χ0v) is 12.6. The molecule has 4 N–H and O–H groups in total. The van der Waals surface area contributed by atoms with E-state index >= 15 is 0 Å². The predicted molar refractivity (Wildman–Crippen MR) is 85.0 cm³/mol. The van der Waals surface area contributed by atoms with E-state index in [0.717, 1.165) is 12.4 Å². The third-order valence-electron chi connectivity index (χ3n) is 2.82. The molecule has 2 rings (SSSR count). The fourth-order valence-corrected chi connectivity index (χ4v) is 1.97. The summed E-state index contributed by atoms with van der Waals surface area (Å²) in [6.07, 6.45) is 0. The summed E-state index contributed by atoms with van der Waals surface area (Å²) in [4.78, 5) is 16.7. The smallest absolute Gasteiger partial charge is 0.292 e. The Morgan fingerprint density at radius 1 is 1.47 bits per heavy atom. The molecule has 1 aliphatic rings. The maximum Gasteiger partial charge on any atom is 0.292 e. The van der Waals surface area contributed by atoms with Gasteiger partial charge in [-0.15, -0.1) is 24.0 Å². The van der Waals surface area contributed by atoms with Crippen LogP contribution in [0.3, 0.4) is 0 Å². The minimum Gasteiger partial charge on any atom is -0.393 e. The van der Waals surface area contributed by atoms with Gasteiger partial charge in [0.2, 0.25) is 0 Å². The SMILES string of the molecule is I.NCCN1CCN=C1c1ccc(N)c([N+](=O)[O-])c1. The van der Waals surface area contributed by atoms with Gasteiger partial charge in [-0.05, 0) is 12.1 Å². The molecule has 0 bridgehead atoms. The zero-order valence-electron chi connectivity index (χ0n) is 10.3. The Morgan fingerprint density at radius 3 is 2.84 bits per heavy atom. The molecule has 0 aromatic heterocycles. The fraction of sp³-hybridized carbons (Fsp3) is 0.364. The lowest BCUT2D eigenvalue weighted by molar-refractivity contribution is -0.383. The Bertz CT molecular complexity index is 506. The number of rotatable bonds is 4. The van der Waals surface area contributed by atoms with Gasteiger partial charge in [-0.2, -0.15) is 0 Å². The molecule has 0 saturated heterocycles. The van der Waals surface area contributed by atoms with Gasteiger partial charge >= 0.3 is 0 Å². The molecule has 1 aromatic carbocycles. The normalized spacial score (nSPS) is 13.9. The van der Waals surface area contributed by atoms with Crippen LogP contribution in [0.4, 0.5) is 11.4 Å². The largest absolute Gasteiger partial charge is 0.393 e. The third-order valence-corrected chi connectivity index (χ3v) is 2.82. The summed E-state index contributed by atoms with van der Waals surface area (Å²) in [6.45, 7) is 2.70. The number of nitro benzene ring substituents is 1. The van der Waals surface area contributed by atoms with Crippen LogP contribution in [0.15, 0.2) is 23.2 Å². The van der Waals surface area contributed by atoms with E-state index in [9.17, 15) is 10.1 Å². The summed E-state index contributed by atoms with van der Waals surface area (Å²) < 4.78 is 0. The molecule has 8 heteroatoms. The van der Waals surface area contributed by atoms with E-state index in [1.165, 1.54) is 12.1 Å². The monoisotopic (exact) mass is 377 g/mol. The van der Waals surface area contributed by atoms with Gasteiger partial charge in [-0.25, -0.2) is 0 Å². The Hall–Kier alpha value is -1.42. The van der Waals surface area contributed by atoms with Crippen LogP contribution in [0.5, 0.6) is 0 Å². The standard InChI is InChI=1S/C11H15N5O2.HI/c12-3-5-15-6-4-14-11(15)8-1-2-9(13)10(7-8)16(17)18;/h1-2,7H,3-6,12-13H2;1H. The highest BCUT2D eigenvalue weighted by molar-refractivity contribution is 14.0. The fourth-order valence-electron chi connectivity index (χ4n) is 1.97. The summed E-state index contributed by atoms with van der Waals surface area (Å²) >= 11 is 0. The van der Waals surface area contributed by atoms with E-state index in [1.54, 1.807) is 6.07 Å². The lowest BCUT2D eigenvalue weighted by Gasteiger charge is -2.19. The van der Waals surface area contributed by atoms with Crippen molar-refractivity contribution in [1.82, 2.24) is 4.90 Å². The topological polar surface area (TPSA) is 111 Å². The highest BCUT2D eigenvalue weighted by atomic mass is 127. The number of nitro groups is 1. The number of hydrogen-bond acceptors (Lipinski definition) is 6. The molecular weight excluding hydrogens is 361 g/mol. The van der Waals surface area contributed by atoms with Crippen molar-refractivity contribution >= 4 is 41.2 Å². The molecule has 0 saturated carbocycles. The van der Waals surface area contributed by atoms with Crippen molar-refractivity contribution in [2.45, 2.75) is 0 Å². The number of nitrogens with zero attached hydrogens (tertiary/aromatic N) is 3. The number of nitrogens with two attached hydrogens (primary N) is 2. The average molecular weight is 377 g/mol. The quantitative estimate of drug-likeness (QED) is 0.349. The van der Waals surface area contributed by atoms with Crippen molar-refractivity contribution in [1.29, 1.82) is 0 Å². The molecule has 104 valence electrons. The Morgan fingerprint density at radius 2 is 2.21 bits per heavy atom. The average Bonchev–Trinajstić information content (AvgIpc) is 2.78. The van der Waals surface area contributed by atoms with E-state index in [0.29, 0.717) is 25.2 Å². The van der Waals surface area contributed by atoms with Gasteiger partial charge in [0.1, 0.15) is 11.5 Å². The molecule has 0 unspecified atom stereocenters. The highest BCUT2D eigenvalue weighted by Crippen LogP contribution is 2.24. The van der Waals surface area contributed by atoms with Gasteiger partial charge in [0.15, 0.2) is 0 Å². The first-order valence-electron chi connectivity index (χ1n) is 5.67. The second kappa shape index (κ2) is 6.66. The van der Waals surface area contributed by atoms with Crippen LogP contribution >= 0.6 is 24.0 Å². The molecule has 0 spiro atoms. The summed E-state index contributed by atoms with van der Waals surface area (Å²) in [6, 6.07) is 4.74. The molecule has 7 nitrogen and oxygen atoms in total. The van der Waals surface area contributed by atoms with Crippen LogP contribution in [0.25, 0.3) is 0 Å². The molecule has 0 radical (unpaired) electrons.